The predicted octanol–water partition coefficient (Wildman–Crippen LogP) is 3.82. The van der Waals surface area contributed by atoms with Crippen LogP contribution in [-0.2, 0) is 48.0 Å². The van der Waals surface area contributed by atoms with Gasteiger partial charge in [0.2, 0.25) is 5.91 Å². The second kappa shape index (κ2) is 14.1. The van der Waals surface area contributed by atoms with Gasteiger partial charge in [-0.25, -0.2) is 9.59 Å². The number of carbonyl (C=O) groups excluding carboxylic acids is 5. The Kier molecular flexibility index (Phi) is 10.6. The van der Waals surface area contributed by atoms with Gasteiger partial charge in [0.15, 0.2) is 4.80 Å². The third-order valence-electron chi connectivity index (χ3n) is 6.54. The molecule has 0 aliphatic heterocycles. The Morgan fingerprint density at radius 3 is 2.60 bits per heavy atom. The number of thiazole rings is 1. The minimum Gasteiger partial charge on any atom is -0.468 e. The number of ether oxygens (including phenoxy) is 3. The van der Waals surface area contributed by atoms with Gasteiger partial charge in [0, 0.05) is 4.88 Å². The van der Waals surface area contributed by atoms with E-state index in [0.717, 1.165) is 52.8 Å². The second-order valence-electron chi connectivity index (χ2n) is 9.54. The van der Waals surface area contributed by atoms with E-state index in [1.54, 1.807) is 29.7 Å². The molecule has 4 rings (SSSR count). The zero-order chi connectivity index (χ0) is 30.4. The molecule has 0 saturated carbocycles. The Labute approximate surface area is 254 Å². The summed E-state index contributed by atoms with van der Waals surface area (Å²) >= 11 is 3.63. The maximum Gasteiger partial charge on any atom is 0.341 e. The summed E-state index contributed by atoms with van der Waals surface area (Å²) in [5, 5.41) is 3.33. The molecular formula is C28H31N3O8S3. The quantitative estimate of drug-likeness (QED) is 0.260. The van der Waals surface area contributed by atoms with Crippen molar-refractivity contribution in [2.75, 3.05) is 37.6 Å². The van der Waals surface area contributed by atoms with E-state index in [9.17, 15) is 24.0 Å². The van der Waals surface area contributed by atoms with Crippen molar-refractivity contribution in [3.63, 3.8) is 0 Å². The molecule has 42 heavy (non-hydrogen) atoms. The van der Waals surface area contributed by atoms with Gasteiger partial charge in [0.05, 0.1) is 53.7 Å². The number of esters is 3. The molecule has 1 aliphatic rings. The molecule has 0 bridgehead atoms. The van der Waals surface area contributed by atoms with Crippen molar-refractivity contribution in [1.29, 1.82) is 0 Å². The molecule has 14 heteroatoms. The van der Waals surface area contributed by atoms with Gasteiger partial charge in [-0.1, -0.05) is 18.3 Å². The Hall–Kier alpha value is -3.49. The Morgan fingerprint density at radius 1 is 1.10 bits per heavy atom. The summed E-state index contributed by atoms with van der Waals surface area (Å²) in [6.07, 6.45) is 2.58. The minimum atomic E-state index is -0.529. The lowest BCUT2D eigenvalue weighted by molar-refractivity contribution is -0.141. The van der Waals surface area contributed by atoms with Crippen molar-refractivity contribution < 1.29 is 38.2 Å². The molecule has 11 nitrogen and oxygen atoms in total. The van der Waals surface area contributed by atoms with Gasteiger partial charge in [-0.2, -0.15) is 4.99 Å². The molecule has 1 aromatic carbocycles. The van der Waals surface area contributed by atoms with Crippen LogP contribution in [0.1, 0.15) is 51.4 Å². The molecule has 1 atom stereocenters. The number of hydrogen-bond donors (Lipinski definition) is 1. The number of thioether (sulfide) groups is 1. The van der Waals surface area contributed by atoms with Crippen molar-refractivity contribution in [2.24, 2.45) is 10.9 Å². The van der Waals surface area contributed by atoms with Gasteiger partial charge < -0.3 is 24.1 Å². The molecular weight excluding hydrogens is 603 g/mol. The number of methoxy groups -OCH3 is 2. The second-order valence-corrected chi connectivity index (χ2v) is 12.6. The predicted molar refractivity (Wildman–Crippen MR) is 161 cm³/mol. The summed E-state index contributed by atoms with van der Waals surface area (Å²) in [4.78, 5) is 67.8. The van der Waals surface area contributed by atoms with E-state index in [2.05, 4.69) is 17.2 Å². The number of fused-ring (bicyclic) bond motifs is 2. The average Bonchev–Trinajstić information content (AvgIpc) is 3.48. The fraction of sp³-hybridized carbons (Fsp3) is 0.429. The highest BCUT2D eigenvalue weighted by Crippen LogP contribution is 2.40. The van der Waals surface area contributed by atoms with E-state index < -0.39 is 23.8 Å². The molecule has 0 fully saturated rings. The van der Waals surface area contributed by atoms with Crippen LogP contribution in [0.15, 0.2) is 23.2 Å². The van der Waals surface area contributed by atoms with Crippen molar-refractivity contribution >= 4 is 79.4 Å². The number of hydrogen-bond acceptors (Lipinski definition) is 11. The lowest BCUT2D eigenvalue weighted by Crippen LogP contribution is -2.23. The summed E-state index contributed by atoms with van der Waals surface area (Å²) in [6, 6.07) is 4.82. The number of nitrogens with zero attached hydrogens (tertiary/aromatic N) is 2. The number of carbonyl (C=O) groups is 5. The molecule has 2 aromatic heterocycles. The molecule has 1 unspecified atom stereocenters. The van der Waals surface area contributed by atoms with Crippen LogP contribution < -0.4 is 10.1 Å². The van der Waals surface area contributed by atoms with Gasteiger partial charge in [0.1, 0.15) is 11.5 Å². The average molecular weight is 634 g/mol. The first-order chi connectivity index (χ1) is 20.1. The lowest BCUT2D eigenvalue weighted by atomic mass is 9.88. The Morgan fingerprint density at radius 2 is 1.88 bits per heavy atom. The zero-order valence-corrected chi connectivity index (χ0v) is 26.1. The maximum absolute atomic E-state index is 12.8. The van der Waals surface area contributed by atoms with E-state index in [0.29, 0.717) is 32.3 Å². The van der Waals surface area contributed by atoms with E-state index in [1.165, 1.54) is 25.6 Å². The summed E-state index contributed by atoms with van der Waals surface area (Å²) in [5.41, 5.74) is 2.31. The van der Waals surface area contributed by atoms with Crippen LogP contribution >= 0.6 is 34.4 Å². The molecule has 224 valence electrons. The molecule has 0 radical (unpaired) electrons. The van der Waals surface area contributed by atoms with E-state index in [1.807, 2.05) is 0 Å². The van der Waals surface area contributed by atoms with Gasteiger partial charge in [-0.15, -0.1) is 23.1 Å². The number of benzene rings is 1. The van der Waals surface area contributed by atoms with Crippen LogP contribution in [0.2, 0.25) is 0 Å². The van der Waals surface area contributed by atoms with Gasteiger partial charge >= 0.3 is 17.9 Å². The number of thiophene rings is 1. The van der Waals surface area contributed by atoms with Crippen LogP contribution in [0.4, 0.5) is 5.00 Å². The van der Waals surface area contributed by atoms with Gasteiger partial charge in [0.25, 0.3) is 5.91 Å². The summed E-state index contributed by atoms with van der Waals surface area (Å²) in [7, 11) is 2.54. The first kappa shape index (κ1) is 31.4. The number of aromatic nitrogens is 1. The monoisotopic (exact) mass is 633 g/mol. The standard InChI is InChI=1S/C28H31N3O8S3/c1-5-39-27(36)24-17-8-6-15(2)10-19(17)41-25(24)29-21(32)13-40-14-22(33)30-28-31(12-23(34)37-3)18-9-7-16(26(35)38-4)11-20(18)42-28/h7,9,11,15H,5-6,8,10,12-14H2,1-4H3,(H,29,32). The Balaban J connectivity index is 1.46. The largest absolute Gasteiger partial charge is 0.468 e. The van der Waals surface area contributed by atoms with E-state index >= 15 is 0 Å². The smallest absolute Gasteiger partial charge is 0.341 e. The van der Waals surface area contributed by atoms with Gasteiger partial charge in [-0.05, 0) is 55.9 Å². The molecule has 1 N–H and O–H groups in total. The molecule has 0 spiro atoms. The summed E-state index contributed by atoms with van der Waals surface area (Å²) in [5.74, 6) is -1.94. The first-order valence-electron chi connectivity index (χ1n) is 13.2. The van der Waals surface area contributed by atoms with Crippen LogP contribution in [0.3, 0.4) is 0 Å². The third-order valence-corrected chi connectivity index (χ3v) is 9.67. The molecule has 3 aromatic rings. The topological polar surface area (TPSA) is 142 Å². The number of anilines is 1. The van der Waals surface area contributed by atoms with E-state index in [-0.39, 0.29) is 35.4 Å². The van der Waals surface area contributed by atoms with Crippen LogP contribution in [0.5, 0.6) is 0 Å². The highest BCUT2D eigenvalue weighted by Gasteiger charge is 2.29. The van der Waals surface area contributed by atoms with E-state index in [4.69, 9.17) is 14.2 Å². The normalized spacial score (nSPS) is 14.8. The fourth-order valence-electron chi connectivity index (χ4n) is 4.54. The number of rotatable bonds is 10. The minimum absolute atomic E-state index is 0.0282. The molecule has 0 saturated heterocycles. The molecule has 1 aliphatic carbocycles. The van der Waals surface area contributed by atoms with Crippen molar-refractivity contribution in [3.8, 4) is 0 Å². The maximum atomic E-state index is 12.8. The lowest BCUT2D eigenvalue weighted by Gasteiger charge is -2.18. The number of nitrogens with one attached hydrogen (secondary N) is 1. The van der Waals surface area contributed by atoms with Crippen LogP contribution in [0.25, 0.3) is 10.2 Å². The van der Waals surface area contributed by atoms with Crippen LogP contribution in [0, 0.1) is 5.92 Å². The number of amides is 2. The molecule has 2 amide bonds. The van der Waals surface area contributed by atoms with Crippen molar-refractivity contribution in [3.05, 3.63) is 44.6 Å². The van der Waals surface area contributed by atoms with Crippen LogP contribution in [-0.4, -0.2) is 66.6 Å². The molecule has 2 heterocycles. The highest BCUT2D eigenvalue weighted by molar-refractivity contribution is 8.00. The van der Waals surface area contributed by atoms with Crippen molar-refractivity contribution in [1.82, 2.24) is 4.57 Å². The highest BCUT2D eigenvalue weighted by atomic mass is 32.2. The van der Waals surface area contributed by atoms with Crippen molar-refractivity contribution in [2.45, 2.75) is 39.7 Å². The Bertz CT molecular complexity index is 1600. The van der Waals surface area contributed by atoms with Gasteiger partial charge in [-0.3, -0.25) is 14.4 Å². The summed E-state index contributed by atoms with van der Waals surface area (Å²) < 4.78 is 17.0. The zero-order valence-electron chi connectivity index (χ0n) is 23.6. The third kappa shape index (κ3) is 7.28. The summed E-state index contributed by atoms with van der Waals surface area (Å²) in [6.45, 7) is 3.96. The fourth-order valence-corrected chi connectivity index (χ4v) is 7.64. The first-order valence-corrected chi connectivity index (χ1v) is 16.0. The SMILES string of the molecule is CCOC(=O)c1c(NC(=O)CSCC(=O)N=c2sc3cc(C(=O)OC)ccc3n2CC(=O)OC)sc2c1CCC(C)C2.